The molecule has 3 rings (SSSR count). The van der Waals surface area contributed by atoms with E-state index in [1.54, 1.807) is 24.3 Å². The highest BCUT2D eigenvalue weighted by Crippen LogP contribution is 2.35. The van der Waals surface area contributed by atoms with Gasteiger partial charge in [-0.1, -0.05) is 24.3 Å². The Bertz CT molecular complexity index is 1040. The molecule has 2 aromatic rings. The van der Waals surface area contributed by atoms with Crippen LogP contribution < -0.4 is 10.2 Å². The van der Waals surface area contributed by atoms with Crippen molar-refractivity contribution in [3.8, 4) is 0 Å². The van der Waals surface area contributed by atoms with Crippen LogP contribution >= 0.6 is 12.2 Å². The van der Waals surface area contributed by atoms with E-state index in [0.717, 1.165) is 22.4 Å². The number of hydrogen-bond acceptors (Lipinski definition) is 5. The molecule has 0 amide bonds. The molecule has 1 N–H and O–H groups in total. The van der Waals surface area contributed by atoms with Gasteiger partial charge in [0.05, 0.1) is 37.1 Å². The fourth-order valence-electron chi connectivity index (χ4n) is 3.55. The lowest BCUT2D eigenvalue weighted by atomic mass is 9.93. The van der Waals surface area contributed by atoms with Crippen molar-refractivity contribution in [3.05, 3.63) is 76.0 Å². The Labute approximate surface area is 181 Å². The third-order valence-electron chi connectivity index (χ3n) is 5.16. The minimum atomic E-state index is -0.502. The van der Waals surface area contributed by atoms with Crippen molar-refractivity contribution < 1.29 is 19.1 Å². The number of anilines is 1. The Morgan fingerprint density at radius 2 is 1.60 bits per heavy atom. The quantitative estimate of drug-likeness (QED) is 0.588. The summed E-state index contributed by atoms with van der Waals surface area (Å²) < 4.78 is 9.83. The molecule has 2 aromatic carbocycles. The maximum absolute atomic E-state index is 12.8. The van der Waals surface area contributed by atoms with E-state index in [4.69, 9.17) is 21.7 Å². The first kappa shape index (κ1) is 21.5. The molecule has 0 aliphatic carbocycles. The van der Waals surface area contributed by atoms with E-state index in [2.05, 4.69) is 5.32 Å². The van der Waals surface area contributed by atoms with Gasteiger partial charge in [0.15, 0.2) is 5.11 Å². The fourth-order valence-corrected chi connectivity index (χ4v) is 3.90. The van der Waals surface area contributed by atoms with Crippen LogP contribution in [0.2, 0.25) is 0 Å². The Kier molecular flexibility index (Phi) is 6.22. The van der Waals surface area contributed by atoms with E-state index in [1.807, 2.05) is 43.9 Å². The number of nitrogens with one attached hydrogen (secondary N) is 1. The zero-order valence-electron chi connectivity index (χ0n) is 17.6. The van der Waals surface area contributed by atoms with Gasteiger partial charge in [-0.15, -0.1) is 0 Å². The summed E-state index contributed by atoms with van der Waals surface area (Å²) in [7, 11) is 2.69. The number of ether oxygens (including phenoxy) is 2. The van der Waals surface area contributed by atoms with Crippen LogP contribution in [0.5, 0.6) is 0 Å². The average Bonchev–Trinajstić information content (AvgIpc) is 2.74. The van der Waals surface area contributed by atoms with Crippen molar-refractivity contribution in [1.82, 2.24) is 5.32 Å². The third-order valence-corrected chi connectivity index (χ3v) is 5.46. The van der Waals surface area contributed by atoms with E-state index in [-0.39, 0.29) is 0 Å². The van der Waals surface area contributed by atoms with Crippen molar-refractivity contribution in [1.29, 1.82) is 0 Å². The number of allylic oxidation sites excluding steroid dienone is 1. The largest absolute Gasteiger partial charge is 0.466 e. The molecule has 0 radical (unpaired) electrons. The lowest BCUT2D eigenvalue weighted by Crippen LogP contribution is -2.48. The lowest BCUT2D eigenvalue weighted by molar-refractivity contribution is -0.136. The summed E-state index contributed by atoms with van der Waals surface area (Å²) in [6, 6.07) is 12.5. The number of methoxy groups -OCH3 is 2. The first-order chi connectivity index (χ1) is 14.3. The van der Waals surface area contributed by atoms with E-state index in [0.29, 0.717) is 21.9 Å². The molecule has 1 unspecified atom stereocenters. The molecule has 7 heteroatoms. The number of esters is 2. The number of rotatable bonds is 4. The van der Waals surface area contributed by atoms with Gasteiger partial charge in [0.2, 0.25) is 0 Å². The Morgan fingerprint density at radius 3 is 2.20 bits per heavy atom. The molecule has 30 heavy (non-hydrogen) atoms. The van der Waals surface area contributed by atoms with Crippen LogP contribution in [0.25, 0.3) is 0 Å². The number of carbonyl (C=O) groups excluding carboxylic acids is 2. The number of thiocarbonyl (C=S) groups is 1. The van der Waals surface area contributed by atoms with Crippen LogP contribution in [0.15, 0.2) is 53.7 Å². The first-order valence-electron chi connectivity index (χ1n) is 9.43. The predicted molar refractivity (Wildman–Crippen MR) is 119 cm³/mol. The highest BCUT2D eigenvalue weighted by atomic mass is 32.1. The van der Waals surface area contributed by atoms with Crippen molar-refractivity contribution in [2.24, 2.45) is 0 Å². The van der Waals surface area contributed by atoms with Crippen molar-refractivity contribution >= 4 is 35.0 Å². The Balaban J connectivity index is 2.11. The van der Waals surface area contributed by atoms with Crippen molar-refractivity contribution in [2.75, 3.05) is 19.1 Å². The molecule has 1 aliphatic rings. The second-order valence-corrected chi connectivity index (χ2v) is 7.50. The molecule has 0 saturated carbocycles. The monoisotopic (exact) mass is 424 g/mol. The second kappa shape index (κ2) is 8.67. The molecule has 0 aromatic heterocycles. The molecule has 0 spiro atoms. The standard InChI is InChI=1S/C23H24N2O4S/c1-13-6-7-14(2)18(12-13)25-15(3)19(22(27)29-5)20(24-23(25)30)16-8-10-17(11-9-16)21(26)28-4/h6-12,20H,1-5H3,(H,24,30). The fraction of sp³-hybridized carbons (Fsp3) is 0.261. The average molecular weight is 425 g/mol. The van der Waals surface area contributed by atoms with Gasteiger partial charge in [-0.25, -0.2) is 9.59 Å². The van der Waals surface area contributed by atoms with Gasteiger partial charge in [0.25, 0.3) is 0 Å². The van der Waals surface area contributed by atoms with E-state index >= 15 is 0 Å². The lowest BCUT2D eigenvalue weighted by Gasteiger charge is -2.38. The SMILES string of the molecule is COC(=O)C1=C(C)N(c2cc(C)ccc2C)C(=S)NC1c1ccc(C(=O)OC)cc1. The molecule has 0 saturated heterocycles. The number of carbonyl (C=O) groups is 2. The molecule has 156 valence electrons. The highest BCUT2D eigenvalue weighted by Gasteiger charge is 2.35. The van der Waals surface area contributed by atoms with Crippen LogP contribution in [-0.2, 0) is 14.3 Å². The van der Waals surface area contributed by atoms with E-state index < -0.39 is 18.0 Å². The summed E-state index contributed by atoms with van der Waals surface area (Å²) in [5, 5.41) is 3.75. The molecule has 1 aliphatic heterocycles. The molecular weight excluding hydrogens is 400 g/mol. The molecule has 0 bridgehead atoms. The van der Waals surface area contributed by atoms with Crippen LogP contribution in [0, 0.1) is 13.8 Å². The van der Waals surface area contributed by atoms with Crippen LogP contribution in [0.1, 0.15) is 40.0 Å². The van der Waals surface area contributed by atoms with Gasteiger partial charge >= 0.3 is 11.9 Å². The van der Waals surface area contributed by atoms with Gasteiger partial charge in [-0.3, -0.25) is 4.90 Å². The summed E-state index contributed by atoms with van der Waals surface area (Å²) in [6.45, 7) is 5.87. The molecular formula is C23H24N2O4S. The summed E-state index contributed by atoms with van der Waals surface area (Å²) in [5.41, 5.74) is 5.40. The maximum atomic E-state index is 12.8. The highest BCUT2D eigenvalue weighted by molar-refractivity contribution is 7.80. The number of aryl methyl sites for hydroxylation is 2. The molecule has 0 fully saturated rings. The van der Waals surface area contributed by atoms with Gasteiger partial charge in [-0.2, -0.15) is 0 Å². The summed E-state index contributed by atoms with van der Waals surface area (Å²) in [6.07, 6.45) is 0. The minimum absolute atomic E-state index is 0.422. The minimum Gasteiger partial charge on any atom is -0.466 e. The number of hydrogen-bond donors (Lipinski definition) is 1. The maximum Gasteiger partial charge on any atom is 0.337 e. The zero-order valence-corrected chi connectivity index (χ0v) is 18.4. The van der Waals surface area contributed by atoms with Crippen molar-refractivity contribution in [3.63, 3.8) is 0 Å². The van der Waals surface area contributed by atoms with Crippen LogP contribution in [0.3, 0.4) is 0 Å². The Morgan fingerprint density at radius 1 is 0.967 bits per heavy atom. The number of benzene rings is 2. The summed E-state index contributed by atoms with van der Waals surface area (Å²) in [4.78, 5) is 26.4. The zero-order chi connectivity index (χ0) is 22.0. The normalized spacial score (nSPS) is 16.2. The van der Waals surface area contributed by atoms with Gasteiger partial charge < -0.3 is 14.8 Å². The van der Waals surface area contributed by atoms with Gasteiger partial charge in [-0.05, 0) is 67.9 Å². The number of nitrogens with zero attached hydrogens (tertiary/aromatic N) is 1. The Hall–Kier alpha value is -3.19. The second-order valence-electron chi connectivity index (χ2n) is 7.11. The van der Waals surface area contributed by atoms with E-state index in [9.17, 15) is 9.59 Å². The van der Waals surface area contributed by atoms with E-state index in [1.165, 1.54) is 14.2 Å². The predicted octanol–water partition coefficient (Wildman–Crippen LogP) is 3.97. The first-order valence-corrected chi connectivity index (χ1v) is 9.84. The molecule has 1 atom stereocenters. The molecule has 6 nitrogen and oxygen atoms in total. The van der Waals surface area contributed by atoms with Crippen LogP contribution in [-0.4, -0.2) is 31.3 Å². The summed E-state index contributed by atoms with van der Waals surface area (Å²) >= 11 is 5.68. The third kappa shape index (κ3) is 3.93. The van der Waals surface area contributed by atoms with Gasteiger partial charge in [0.1, 0.15) is 0 Å². The van der Waals surface area contributed by atoms with Crippen molar-refractivity contribution in [2.45, 2.75) is 26.8 Å². The topological polar surface area (TPSA) is 67.9 Å². The summed E-state index contributed by atoms with van der Waals surface area (Å²) in [5.74, 6) is -0.866. The molecule has 1 heterocycles. The van der Waals surface area contributed by atoms with Crippen LogP contribution in [0.4, 0.5) is 5.69 Å². The van der Waals surface area contributed by atoms with Gasteiger partial charge in [0, 0.05) is 5.70 Å². The smallest absolute Gasteiger partial charge is 0.337 e.